The number of methoxy groups -OCH3 is 1. The molecule has 0 fully saturated rings. The van der Waals surface area contributed by atoms with Crippen LogP contribution in [0.3, 0.4) is 0 Å². The largest absolute Gasteiger partial charge is 0.465 e. The van der Waals surface area contributed by atoms with Crippen LogP contribution < -0.4 is 10.9 Å². The van der Waals surface area contributed by atoms with Crippen LogP contribution >= 0.6 is 23.6 Å². The van der Waals surface area contributed by atoms with Crippen molar-refractivity contribution in [1.29, 1.82) is 0 Å². The third kappa shape index (κ3) is 3.34. The molecule has 0 aliphatic rings. The van der Waals surface area contributed by atoms with Crippen molar-refractivity contribution in [2.45, 2.75) is 6.92 Å². The van der Waals surface area contributed by atoms with E-state index in [1.165, 1.54) is 25.3 Å². The molecule has 2 aromatic carbocycles. The van der Waals surface area contributed by atoms with Gasteiger partial charge >= 0.3 is 5.97 Å². The molecule has 9 heteroatoms. The summed E-state index contributed by atoms with van der Waals surface area (Å²) in [4.78, 5) is 40.3. The van der Waals surface area contributed by atoms with E-state index < -0.39 is 5.97 Å². The zero-order valence-electron chi connectivity index (χ0n) is 15.4. The van der Waals surface area contributed by atoms with Crippen LogP contribution in [0.2, 0.25) is 0 Å². The highest BCUT2D eigenvalue weighted by atomic mass is 32.1. The molecule has 0 bridgehead atoms. The molecule has 0 spiro atoms. The topological polar surface area (TPSA) is 92.7 Å². The van der Waals surface area contributed by atoms with Gasteiger partial charge in [-0.25, -0.2) is 4.79 Å². The van der Waals surface area contributed by atoms with Gasteiger partial charge in [-0.1, -0.05) is 29.0 Å². The first kappa shape index (κ1) is 19.0. The number of ether oxygens (including phenoxy) is 1. The van der Waals surface area contributed by atoms with E-state index in [0.717, 1.165) is 16.9 Å². The van der Waals surface area contributed by atoms with Gasteiger partial charge < -0.3 is 15.0 Å². The number of thiazole rings is 1. The lowest BCUT2D eigenvalue weighted by Gasteiger charge is -2.07. The minimum atomic E-state index is -0.528. The third-order valence-electron chi connectivity index (χ3n) is 4.46. The van der Waals surface area contributed by atoms with E-state index in [0.29, 0.717) is 20.5 Å². The van der Waals surface area contributed by atoms with Gasteiger partial charge in [0.25, 0.3) is 11.5 Å². The maximum atomic E-state index is 12.8. The number of fused-ring (bicyclic) bond motifs is 3. The van der Waals surface area contributed by atoms with Crippen molar-refractivity contribution in [3.05, 3.63) is 72.8 Å². The molecule has 146 valence electrons. The molecule has 7 nitrogen and oxygen atoms in total. The van der Waals surface area contributed by atoms with Crippen LogP contribution in [0.15, 0.2) is 47.3 Å². The molecule has 2 N–H and O–H groups in total. The fourth-order valence-corrected chi connectivity index (χ4v) is 4.29. The number of benzene rings is 2. The summed E-state index contributed by atoms with van der Waals surface area (Å²) in [6, 6.07) is 11.9. The Morgan fingerprint density at radius 1 is 1.17 bits per heavy atom. The monoisotopic (exact) mass is 425 g/mol. The minimum absolute atomic E-state index is 0.276. The summed E-state index contributed by atoms with van der Waals surface area (Å²) in [7, 11) is 1.28. The van der Waals surface area contributed by atoms with Gasteiger partial charge in [-0.3, -0.25) is 14.0 Å². The van der Waals surface area contributed by atoms with Crippen molar-refractivity contribution in [2.75, 3.05) is 12.4 Å². The normalized spacial score (nSPS) is 11.0. The summed E-state index contributed by atoms with van der Waals surface area (Å²) in [6.07, 6.45) is 0. The molecule has 0 radical (unpaired) electrons. The average Bonchev–Trinajstić information content (AvgIpc) is 3.05. The Kier molecular flexibility index (Phi) is 4.77. The van der Waals surface area contributed by atoms with Gasteiger partial charge in [0.2, 0.25) is 0 Å². The highest BCUT2D eigenvalue weighted by molar-refractivity contribution is 7.73. The van der Waals surface area contributed by atoms with E-state index in [9.17, 15) is 14.4 Å². The number of amides is 1. The van der Waals surface area contributed by atoms with Gasteiger partial charge in [-0.15, -0.1) is 0 Å². The van der Waals surface area contributed by atoms with Crippen molar-refractivity contribution >= 4 is 57.7 Å². The zero-order chi connectivity index (χ0) is 20.7. The van der Waals surface area contributed by atoms with Gasteiger partial charge in [0.15, 0.2) is 3.95 Å². The second kappa shape index (κ2) is 7.26. The number of esters is 1. The minimum Gasteiger partial charge on any atom is -0.465 e. The number of hydrogen-bond acceptors (Lipinski definition) is 6. The lowest BCUT2D eigenvalue weighted by atomic mass is 10.1. The molecule has 0 saturated heterocycles. The van der Waals surface area contributed by atoms with Crippen LogP contribution in [0, 0.1) is 10.9 Å². The standard InChI is InChI=1S/C20H15N3O4S2/c1-10-3-6-12(7-4-10)21-18(25)15-16-22-17(24)13-8-5-11(19(26)27-2)9-14(13)23(16)20(28)29-15/h3-9H,1-2H3,(H,21,25)(H,22,24). The molecule has 29 heavy (non-hydrogen) atoms. The second-order valence-electron chi connectivity index (χ2n) is 6.38. The molecular formula is C20H15N3O4S2. The number of nitrogens with one attached hydrogen (secondary N) is 2. The second-order valence-corrected chi connectivity index (χ2v) is 8.02. The third-order valence-corrected chi connectivity index (χ3v) is 5.84. The highest BCUT2D eigenvalue weighted by Gasteiger charge is 2.19. The Balaban J connectivity index is 1.89. The molecule has 2 heterocycles. The number of H-pyrrole nitrogens is 1. The van der Waals surface area contributed by atoms with Crippen molar-refractivity contribution in [3.8, 4) is 0 Å². The Hall–Kier alpha value is -3.30. The van der Waals surface area contributed by atoms with E-state index in [2.05, 4.69) is 10.3 Å². The number of aromatic nitrogens is 2. The van der Waals surface area contributed by atoms with Crippen molar-refractivity contribution in [2.24, 2.45) is 0 Å². The van der Waals surface area contributed by atoms with E-state index in [-0.39, 0.29) is 27.6 Å². The zero-order valence-corrected chi connectivity index (χ0v) is 17.1. The van der Waals surface area contributed by atoms with Crippen LogP contribution in [0.5, 0.6) is 0 Å². The number of nitrogens with zero attached hydrogens (tertiary/aromatic N) is 1. The predicted octanol–water partition coefficient (Wildman–Crippen LogP) is 3.92. The molecule has 0 aliphatic heterocycles. The molecule has 0 atom stereocenters. The molecule has 4 rings (SSSR count). The van der Waals surface area contributed by atoms with Gasteiger partial charge in [-0.2, -0.15) is 0 Å². The summed E-state index contributed by atoms with van der Waals surface area (Å²) >= 11 is 6.53. The Morgan fingerprint density at radius 2 is 1.90 bits per heavy atom. The van der Waals surface area contributed by atoms with Gasteiger partial charge in [0.05, 0.1) is 23.6 Å². The summed E-state index contributed by atoms with van der Waals surface area (Å²) in [5.74, 6) is -0.911. The van der Waals surface area contributed by atoms with Crippen LogP contribution in [0.1, 0.15) is 25.6 Å². The van der Waals surface area contributed by atoms with Crippen LogP contribution in [-0.2, 0) is 4.74 Å². The van der Waals surface area contributed by atoms with Crippen molar-refractivity contribution in [3.63, 3.8) is 0 Å². The maximum absolute atomic E-state index is 12.8. The summed E-state index contributed by atoms with van der Waals surface area (Å²) in [6.45, 7) is 1.96. The average molecular weight is 425 g/mol. The number of hydrogen-bond donors (Lipinski definition) is 2. The van der Waals surface area contributed by atoms with E-state index >= 15 is 0 Å². The highest BCUT2D eigenvalue weighted by Crippen LogP contribution is 2.24. The first-order valence-electron chi connectivity index (χ1n) is 8.57. The van der Waals surface area contributed by atoms with Crippen LogP contribution in [0.25, 0.3) is 16.6 Å². The van der Waals surface area contributed by atoms with Crippen molar-refractivity contribution in [1.82, 2.24) is 9.38 Å². The fourth-order valence-electron chi connectivity index (χ4n) is 3.01. The summed E-state index contributed by atoms with van der Waals surface area (Å²) < 4.78 is 6.72. The molecule has 0 aliphatic carbocycles. The Morgan fingerprint density at radius 3 is 2.59 bits per heavy atom. The summed E-state index contributed by atoms with van der Waals surface area (Å²) in [5.41, 5.74) is 2.32. The van der Waals surface area contributed by atoms with Gasteiger partial charge in [0, 0.05) is 5.69 Å². The molecule has 2 aromatic heterocycles. The first-order chi connectivity index (χ1) is 13.9. The number of aromatic amines is 1. The molecule has 0 unspecified atom stereocenters. The number of aryl methyl sites for hydroxylation is 1. The molecule has 0 saturated carbocycles. The first-order valence-corrected chi connectivity index (χ1v) is 9.79. The van der Waals surface area contributed by atoms with Crippen molar-refractivity contribution < 1.29 is 14.3 Å². The lowest BCUT2D eigenvalue weighted by Crippen LogP contribution is -2.15. The number of anilines is 1. The molecular weight excluding hydrogens is 410 g/mol. The van der Waals surface area contributed by atoms with Crippen LogP contribution in [0.4, 0.5) is 5.69 Å². The smallest absolute Gasteiger partial charge is 0.337 e. The van der Waals surface area contributed by atoms with Gasteiger partial charge in [0.1, 0.15) is 10.5 Å². The number of rotatable bonds is 3. The van der Waals surface area contributed by atoms with Crippen LogP contribution in [-0.4, -0.2) is 28.4 Å². The Labute approximate surface area is 173 Å². The number of carbonyl (C=O) groups excluding carboxylic acids is 2. The van der Waals surface area contributed by atoms with E-state index in [4.69, 9.17) is 17.0 Å². The summed E-state index contributed by atoms with van der Waals surface area (Å²) in [5, 5.41) is 3.16. The molecule has 4 aromatic rings. The maximum Gasteiger partial charge on any atom is 0.337 e. The van der Waals surface area contributed by atoms with E-state index in [1.54, 1.807) is 16.5 Å². The fraction of sp³-hybridized carbons (Fsp3) is 0.100. The van der Waals surface area contributed by atoms with E-state index in [1.807, 2.05) is 19.1 Å². The number of carbonyl (C=O) groups is 2. The SMILES string of the molecule is COC(=O)c1ccc2c(=O)[nH]c3c(C(=O)Nc4ccc(C)cc4)sc(=S)n3c2c1. The quantitative estimate of drug-likeness (QED) is 0.383. The Bertz CT molecular complexity index is 1400. The molecule has 1 amide bonds. The lowest BCUT2D eigenvalue weighted by molar-refractivity contribution is 0.0600. The van der Waals surface area contributed by atoms with Gasteiger partial charge in [-0.05, 0) is 49.5 Å². The predicted molar refractivity (Wildman–Crippen MR) is 115 cm³/mol.